The molecule has 110 valence electrons. The Morgan fingerprint density at radius 2 is 1.90 bits per heavy atom. The minimum absolute atomic E-state index is 0.000229. The first-order chi connectivity index (χ1) is 9.43. The van der Waals surface area contributed by atoms with Crippen molar-refractivity contribution in [3.05, 3.63) is 35.1 Å². The predicted octanol–water partition coefficient (Wildman–Crippen LogP) is 2.30. The van der Waals surface area contributed by atoms with E-state index in [4.69, 9.17) is 0 Å². The molecule has 1 fully saturated rings. The molecule has 0 radical (unpaired) electrons. The SMILES string of the molecule is CC(C(=O)NC(CO)c1cc(F)c(F)c(F)c1)C1CC1. The fourth-order valence-corrected chi connectivity index (χ4v) is 2.12. The van der Waals surface area contributed by atoms with Gasteiger partial charge in [-0.2, -0.15) is 0 Å². The molecule has 2 unspecified atom stereocenters. The molecule has 1 amide bonds. The number of benzene rings is 1. The Kier molecular flexibility index (Phi) is 4.32. The van der Waals surface area contributed by atoms with Gasteiger partial charge in [0.1, 0.15) is 0 Å². The number of halogens is 3. The molecule has 1 aliphatic rings. The Bertz CT molecular complexity index is 494. The van der Waals surface area contributed by atoms with E-state index in [2.05, 4.69) is 5.32 Å². The third kappa shape index (κ3) is 3.12. The lowest BCUT2D eigenvalue weighted by Gasteiger charge is -2.20. The van der Waals surface area contributed by atoms with Crippen molar-refractivity contribution in [2.24, 2.45) is 11.8 Å². The second-order valence-corrected chi connectivity index (χ2v) is 5.17. The highest BCUT2D eigenvalue weighted by atomic mass is 19.2. The molecule has 3 nitrogen and oxygen atoms in total. The van der Waals surface area contributed by atoms with Crippen LogP contribution in [0.4, 0.5) is 13.2 Å². The number of hydrogen-bond acceptors (Lipinski definition) is 2. The first-order valence-corrected chi connectivity index (χ1v) is 6.49. The van der Waals surface area contributed by atoms with Gasteiger partial charge in [-0.05, 0) is 36.5 Å². The summed E-state index contributed by atoms with van der Waals surface area (Å²) in [5, 5.41) is 11.8. The minimum atomic E-state index is -1.57. The summed E-state index contributed by atoms with van der Waals surface area (Å²) in [5.74, 6) is -4.42. The van der Waals surface area contributed by atoms with Crippen LogP contribution in [-0.4, -0.2) is 17.6 Å². The molecule has 0 bridgehead atoms. The van der Waals surface area contributed by atoms with Crippen molar-refractivity contribution in [3.8, 4) is 0 Å². The molecule has 0 saturated heterocycles. The van der Waals surface area contributed by atoms with Crippen LogP contribution in [0, 0.1) is 29.3 Å². The molecule has 1 saturated carbocycles. The van der Waals surface area contributed by atoms with Gasteiger partial charge >= 0.3 is 0 Å². The molecule has 0 aliphatic heterocycles. The van der Waals surface area contributed by atoms with Gasteiger partial charge in [0.25, 0.3) is 0 Å². The Labute approximate surface area is 114 Å². The number of rotatable bonds is 5. The molecule has 1 aromatic carbocycles. The number of carbonyl (C=O) groups is 1. The average molecular weight is 287 g/mol. The third-order valence-electron chi connectivity index (χ3n) is 3.65. The number of aliphatic hydroxyl groups excluding tert-OH is 1. The maximum atomic E-state index is 13.2. The predicted molar refractivity (Wildman–Crippen MR) is 66.2 cm³/mol. The highest BCUT2D eigenvalue weighted by Gasteiger charge is 2.33. The summed E-state index contributed by atoms with van der Waals surface area (Å²) in [6.07, 6.45) is 1.97. The zero-order valence-electron chi connectivity index (χ0n) is 11.0. The molecule has 0 heterocycles. The summed E-state index contributed by atoms with van der Waals surface area (Å²) in [7, 11) is 0. The molecular formula is C14H16F3NO2. The van der Waals surface area contributed by atoms with E-state index < -0.39 is 30.1 Å². The lowest BCUT2D eigenvalue weighted by Crippen LogP contribution is -2.35. The van der Waals surface area contributed by atoms with Crippen LogP contribution >= 0.6 is 0 Å². The van der Waals surface area contributed by atoms with Gasteiger partial charge in [-0.1, -0.05) is 6.92 Å². The van der Waals surface area contributed by atoms with E-state index in [0.29, 0.717) is 5.92 Å². The van der Waals surface area contributed by atoms with Crippen LogP contribution in [0.2, 0.25) is 0 Å². The summed E-state index contributed by atoms with van der Waals surface area (Å²) in [6, 6.07) is 0.608. The average Bonchev–Trinajstić information content (AvgIpc) is 3.24. The number of nitrogens with one attached hydrogen (secondary N) is 1. The number of hydrogen-bond donors (Lipinski definition) is 2. The summed E-state index contributed by atoms with van der Waals surface area (Å²) in [4.78, 5) is 11.9. The van der Waals surface area contributed by atoms with Gasteiger partial charge in [-0.15, -0.1) is 0 Å². The highest BCUT2D eigenvalue weighted by Crippen LogP contribution is 2.36. The van der Waals surface area contributed by atoms with Crippen molar-refractivity contribution in [2.75, 3.05) is 6.61 Å². The Morgan fingerprint density at radius 3 is 2.35 bits per heavy atom. The lowest BCUT2D eigenvalue weighted by atomic mass is 10.0. The molecule has 1 aliphatic carbocycles. The molecule has 6 heteroatoms. The van der Waals surface area contributed by atoms with Crippen molar-refractivity contribution in [2.45, 2.75) is 25.8 Å². The summed E-state index contributed by atoms with van der Waals surface area (Å²) >= 11 is 0. The van der Waals surface area contributed by atoms with Crippen molar-refractivity contribution in [3.63, 3.8) is 0 Å². The Balaban J connectivity index is 2.13. The minimum Gasteiger partial charge on any atom is -0.394 e. The summed E-state index contributed by atoms with van der Waals surface area (Å²) in [5.41, 5.74) is 0.000229. The highest BCUT2D eigenvalue weighted by molar-refractivity contribution is 5.79. The van der Waals surface area contributed by atoms with Crippen LogP contribution in [-0.2, 0) is 4.79 Å². The molecule has 0 spiro atoms. The number of aliphatic hydroxyl groups is 1. The molecule has 2 atom stereocenters. The van der Waals surface area contributed by atoms with E-state index in [-0.39, 0.29) is 17.4 Å². The smallest absolute Gasteiger partial charge is 0.223 e. The maximum absolute atomic E-state index is 13.2. The van der Waals surface area contributed by atoms with Gasteiger partial charge in [0.05, 0.1) is 12.6 Å². The van der Waals surface area contributed by atoms with Gasteiger partial charge in [0.2, 0.25) is 5.91 Å². The van der Waals surface area contributed by atoms with Crippen LogP contribution in [0.5, 0.6) is 0 Å². The van der Waals surface area contributed by atoms with Crippen LogP contribution < -0.4 is 5.32 Å². The molecule has 1 aromatic rings. The summed E-state index contributed by atoms with van der Waals surface area (Å²) < 4.78 is 39.2. The van der Waals surface area contributed by atoms with Gasteiger partial charge in [0, 0.05) is 5.92 Å². The Hall–Kier alpha value is -1.56. The van der Waals surface area contributed by atoms with E-state index in [1.54, 1.807) is 6.92 Å². The van der Waals surface area contributed by atoms with E-state index in [9.17, 15) is 23.1 Å². The molecule has 2 rings (SSSR count). The Morgan fingerprint density at radius 1 is 1.35 bits per heavy atom. The second kappa shape index (κ2) is 5.83. The van der Waals surface area contributed by atoms with Crippen molar-refractivity contribution in [1.82, 2.24) is 5.32 Å². The van der Waals surface area contributed by atoms with Gasteiger partial charge in [-0.3, -0.25) is 4.79 Å². The van der Waals surface area contributed by atoms with E-state index >= 15 is 0 Å². The van der Waals surface area contributed by atoms with E-state index in [0.717, 1.165) is 25.0 Å². The fraction of sp³-hybridized carbons (Fsp3) is 0.500. The zero-order valence-corrected chi connectivity index (χ0v) is 11.0. The lowest BCUT2D eigenvalue weighted by molar-refractivity contribution is -0.126. The fourth-order valence-electron chi connectivity index (χ4n) is 2.12. The summed E-state index contributed by atoms with van der Waals surface area (Å²) in [6.45, 7) is 1.25. The van der Waals surface area contributed by atoms with Gasteiger partial charge in [0.15, 0.2) is 17.5 Å². The van der Waals surface area contributed by atoms with Crippen molar-refractivity contribution >= 4 is 5.91 Å². The maximum Gasteiger partial charge on any atom is 0.223 e. The van der Waals surface area contributed by atoms with E-state index in [1.165, 1.54) is 0 Å². The second-order valence-electron chi connectivity index (χ2n) is 5.17. The monoisotopic (exact) mass is 287 g/mol. The number of amides is 1. The topological polar surface area (TPSA) is 49.3 Å². The largest absolute Gasteiger partial charge is 0.394 e. The van der Waals surface area contributed by atoms with Crippen LogP contribution in [0.1, 0.15) is 31.4 Å². The zero-order chi connectivity index (χ0) is 14.9. The standard InChI is InChI=1S/C14H16F3NO2/c1-7(8-2-3-8)14(20)18-12(6-19)9-4-10(15)13(17)11(16)5-9/h4-5,7-8,12,19H,2-3,6H2,1H3,(H,18,20). The number of carbonyl (C=O) groups excluding carboxylic acids is 1. The molecule has 20 heavy (non-hydrogen) atoms. The van der Waals surface area contributed by atoms with Crippen molar-refractivity contribution in [1.29, 1.82) is 0 Å². The third-order valence-corrected chi connectivity index (χ3v) is 3.65. The molecule has 0 aromatic heterocycles. The normalized spacial score (nSPS) is 17.6. The first kappa shape index (κ1) is 14.8. The molecular weight excluding hydrogens is 271 g/mol. The van der Waals surface area contributed by atoms with Crippen molar-refractivity contribution < 1.29 is 23.1 Å². The quantitative estimate of drug-likeness (QED) is 0.816. The van der Waals surface area contributed by atoms with E-state index in [1.807, 2.05) is 0 Å². The first-order valence-electron chi connectivity index (χ1n) is 6.49. The van der Waals surface area contributed by atoms with Crippen LogP contribution in [0.25, 0.3) is 0 Å². The van der Waals surface area contributed by atoms with Crippen LogP contribution in [0.15, 0.2) is 12.1 Å². The molecule has 2 N–H and O–H groups in total. The van der Waals surface area contributed by atoms with Gasteiger partial charge in [-0.25, -0.2) is 13.2 Å². The van der Waals surface area contributed by atoms with Crippen LogP contribution in [0.3, 0.4) is 0 Å². The van der Waals surface area contributed by atoms with Gasteiger partial charge < -0.3 is 10.4 Å².